The molecule has 0 saturated carbocycles. The Morgan fingerprint density at radius 1 is 1.06 bits per heavy atom. The Bertz CT molecular complexity index is 1160. The third kappa shape index (κ3) is 4.16. The fourth-order valence-electron chi connectivity index (χ4n) is 3.55. The average Bonchev–Trinajstić information content (AvgIpc) is 3.33. The molecule has 2 aromatic carbocycles. The third-order valence-corrected chi connectivity index (χ3v) is 5.12. The molecule has 1 fully saturated rings. The molecule has 1 aliphatic rings. The molecule has 3 N–H and O–H groups in total. The second-order valence-corrected chi connectivity index (χ2v) is 7.15. The summed E-state index contributed by atoms with van der Waals surface area (Å²) < 4.78 is 10.5. The van der Waals surface area contributed by atoms with Gasteiger partial charge in [-0.1, -0.05) is 12.1 Å². The number of methoxy groups -OCH3 is 2. The summed E-state index contributed by atoms with van der Waals surface area (Å²) in [6.07, 6.45) is 1.66. The van der Waals surface area contributed by atoms with Gasteiger partial charge in [-0.3, -0.25) is 14.5 Å². The van der Waals surface area contributed by atoms with Gasteiger partial charge in [0.2, 0.25) is 5.91 Å². The number of fused-ring (bicyclic) bond motifs is 1. The predicted molar refractivity (Wildman–Crippen MR) is 114 cm³/mol. The zero-order valence-corrected chi connectivity index (χ0v) is 17.1. The third-order valence-electron chi connectivity index (χ3n) is 5.12. The van der Waals surface area contributed by atoms with E-state index in [4.69, 9.17) is 9.47 Å². The first-order valence-corrected chi connectivity index (χ1v) is 9.68. The molecule has 4 amide bonds. The summed E-state index contributed by atoms with van der Waals surface area (Å²) in [5.41, 5.74) is 2.20. The summed E-state index contributed by atoms with van der Waals surface area (Å²) >= 11 is 0. The lowest BCUT2D eigenvalue weighted by molar-refractivity contribution is -0.130. The minimum atomic E-state index is -0.915. The minimum absolute atomic E-state index is 0.0621. The fourth-order valence-corrected chi connectivity index (χ4v) is 3.55. The molecule has 1 saturated heterocycles. The summed E-state index contributed by atoms with van der Waals surface area (Å²) in [4.78, 5) is 41.7. The number of nitrogens with one attached hydrogen (secondary N) is 3. The Morgan fingerprint density at radius 3 is 2.65 bits per heavy atom. The van der Waals surface area contributed by atoms with Crippen molar-refractivity contribution < 1.29 is 23.9 Å². The quantitative estimate of drug-likeness (QED) is 0.507. The lowest BCUT2D eigenvalue weighted by Gasteiger charge is -2.15. The Labute approximate surface area is 178 Å². The number of amides is 4. The lowest BCUT2D eigenvalue weighted by atomic mass is 10.1. The molecular formula is C22H22N4O5. The molecule has 1 aliphatic heterocycles. The Balaban J connectivity index is 1.40. The number of carbonyl (C=O) groups excluding carboxylic acids is 3. The summed E-state index contributed by atoms with van der Waals surface area (Å²) in [7, 11) is 3.04. The van der Waals surface area contributed by atoms with Gasteiger partial charge in [-0.05, 0) is 41.3 Å². The van der Waals surface area contributed by atoms with Gasteiger partial charge in [0.1, 0.15) is 6.04 Å². The van der Waals surface area contributed by atoms with Crippen molar-refractivity contribution in [3.8, 4) is 11.5 Å². The highest BCUT2D eigenvalue weighted by Gasteiger charge is 2.39. The Morgan fingerprint density at radius 2 is 1.87 bits per heavy atom. The van der Waals surface area contributed by atoms with E-state index in [1.54, 1.807) is 24.3 Å². The van der Waals surface area contributed by atoms with E-state index in [0.29, 0.717) is 22.7 Å². The highest BCUT2D eigenvalue weighted by molar-refractivity contribution is 6.07. The first-order chi connectivity index (χ1) is 15.0. The number of carbonyl (C=O) groups is 3. The molecule has 1 aromatic heterocycles. The van der Waals surface area contributed by atoms with Crippen LogP contribution in [0, 0.1) is 0 Å². The molecule has 1 atom stereocenters. The number of aromatic nitrogens is 1. The molecule has 4 rings (SSSR count). The van der Waals surface area contributed by atoms with Crippen molar-refractivity contribution in [2.75, 3.05) is 19.5 Å². The molecule has 160 valence electrons. The molecule has 0 spiro atoms. The first kappa shape index (κ1) is 20.3. The van der Waals surface area contributed by atoms with Gasteiger partial charge in [0.15, 0.2) is 11.5 Å². The van der Waals surface area contributed by atoms with Gasteiger partial charge in [0.25, 0.3) is 5.91 Å². The highest BCUT2D eigenvalue weighted by Crippen LogP contribution is 2.28. The number of urea groups is 1. The van der Waals surface area contributed by atoms with Gasteiger partial charge >= 0.3 is 6.03 Å². The molecule has 9 heteroatoms. The topological polar surface area (TPSA) is 113 Å². The zero-order chi connectivity index (χ0) is 22.0. The van der Waals surface area contributed by atoms with E-state index in [2.05, 4.69) is 15.6 Å². The number of nitrogens with zero attached hydrogens (tertiary/aromatic N) is 1. The van der Waals surface area contributed by atoms with Gasteiger partial charge in [-0.15, -0.1) is 0 Å². The standard InChI is InChI=1S/C22H22N4O5/c1-30-18-6-3-13(9-19(18)31-2)12-26-21(28)17(25-22(26)29)11-20(27)24-15-5-4-14-7-8-23-16(14)10-15/h3-10,17,23H,11-12H2,1-2H3,(H,24,27)(H,25,29)/t17-/m1/s1. The second kappa shape index (κ2) is 8.39. The molecular weight excluding hydrogens is 400 g/mol. The van der Waals surface area contributed by atoms with Gasteiger partial charge < -0.3 is 25.1 Å². The fraction of sp³-hybridized carbons (Fsp3) is 0.227. The highest BCUT2D eigenvalue weighted by atomic mass is 16.5. The maximum Gasteiger partial charge on any atom is 0.325 e. The van der Waals surface area contributed by atoms with E-state index in [-0.39, 0.29) is 18.9 Å². The number of benzene rings is 2. The molecule has 2 heterocycles. The van der Waals surface area contributed by atoms with Crippen LogP contribution >= 0.6 is 0 Å². The van der Waals surface area contributed by atoms with E-state index in [1.807, 2.05) is 24.4 Å². The van der Waals surface area contributed by atoms with Crippen LogP contribution in [0.4, 0.5) is 10.5 Å². The molecule has 0 aliphatic carbocycles. The van der Waals surface area contributed by atoms with Crippen molar-refractivity contribution in [1.82, 2.24) is 15.2 Å². The van der Waals surface area contributed by atoms with Crippen LogP contribution in [0.15, 0.2) is 48.7 Å². The summed E-state index contributed by atoms with van der Waals surface area (Å²) in [6, 6.07) is 11.1. The van der Waals surface area contributed by atoms with Crippen LogP contribution in [0.2, 0.25) is 0 Å². The average molecular weight is 422 g/mol. The monoisotopic (exact) mass is 422 g/mol. The summed E-state index contributed by atoms with van der Waals surface area (Å²) in [5, 5.41) is 6.38. The maximum absolute atomic E-state index is 12.7. The van der Waals surface area contributed by atoms with Crippen molar-refractivity contribution >= 4 is 34.4 Å². The maximum atomic E-state index is 12.7. The Kier molecular flexibility index (Phi) is 5.48. The van der Waals surface area contributed by atoms with Crippen LogP contribution in [0.5, 0.6) is 11.5 Å². The number of hydrogen-bond donors (Lipinski definition) is 3. The molecule has 3 aromatic rings. The first-order valence-electron chi connectivity index (χ1n) is 9.68. The predicted octanol–water partition coefficient (Wildman–Crippen LogP) is 2.63. The number of hydrogen-bond acceptors (Lipinski definition) is 5. The molecule has 31 heavy (non-hydrogen) atoms. The van der Waals surface area contributed by atoms with Crippen LogP contribution in [0.1, 0.15) is 12.0 Å². The largest absolute Gasteiger partial charge is 0.493 e. The number of imide groups is 1. The van der Waals surface area contributed by atoms with Gasteiger partial charge in [-0.2, -0.15) is 0 Å². The van der Waals surface area contributed by atoms with Crippen molar-refractivity contribution in [3.63, 3.8) is 0 Å². The molecule has 0 bridgehead atoms. The number of anilines is 1. The van der Waals surface area contributed by atoms with E-state index in [1.165, 1.54) is 14.2 Å². The van der Waals surface area contributed by atoms with Crippen LogP contribution in [0.3, 0.4) is 0 Å². The van der Waals surface area contributed by atoms with Crippen molar-refractivity contribution in [1.29, 1.82) is 0 Å². The number of H-pyrrole nitrogens is 1. The normalized spacial score (nSPS) is 15.8. The smallest absolute Gasteiger partial charge is 0.325 e. The van der Waals surface area contributed by atoms with E-state index >= 15 is 0 Å². The summed E-state index contributed by atoms with van der Waals surface area (Å²) in [6.45, 7) is 0.0621. The van der Waals surface area contributed by atoms with Gasteiger partial charge in [0.05, 0.1) is 27.2 Å². The van der Waals surface area contributed by atoms with Crippen LogP contribution < -0.4 is 20.1 Å². The molecule has 0 unspecified atom stereocenters. The lowest BCUT2D eigenvalue weighted by Crippen LogP contribution is -2.34. The van der Waals surface area contributed by atoms with E-state index < -0.39 is 18.0 Å². The SMILES string of the molecule is COc1ccc(CN2C(=O)N[C@H](CC(=O)Nc3ccc4cc[nH]c4c3)C2=O)cc1OC. The minimum Gasteiger partial charge on any atom is -0.493 e. The van der Waals surface area contributed by atoms with Crippen LogP contribution in [0.25, 0.3) is 10.9 Å². The van der Waals surface area contributed by atoms with Crippen molar-refractivity contribution in [2.45, 2.75) is 19.0 Å². The molecule has 0 radical (unpaired) electrons. The Hall–Kier alpha value is -4.01. The zero-order valence-electron chi connectivity index (χ0n) is 17.1. The van der Waals surface area contributed by atoms with Crippen molar-refractivity contribution in [2.24, 2.45) is 0 Å². The van der Waals surface area contributed by atoms with E-state index in [9.17, 15) is 14.4 Å². The number of rotatable bonds is 7. The number of ether oxygens (including phenoxy) is 2. The number of aromatic amines is 1. The van der Waals surface area contributed by atoms with Crippen LogP contribution in [-0.2, 0) is 16.1 Å². The van der Waals surface area contributed by atoms with Gasteiger partial charge in [0, 0.05) is 17.4 Å². The van der Waals surface area contributed by atoms with Crippen molar-refractivity contribution in [3.05, 3.63) is 54.2 Å². The van der Waals surface area contributed by atoms with Crippen LogP contribution in [-0.4, -0.2) is 48.0 Å². The summed E-state index contributed by atoms with van der Waals surface area (Å²) in [5.74, 6) is 0.241. The van der Waals surface area contributed by atoms with E-state index in [0.717, 1.165) is 15.8 Å². The molecule has 9 nitrogen and oxygen atoms in total. The van der Waals surface area contributed by atoms with Gasteiger partial charge in [-0.25, -0.2) is 4.79 Å². The second-order valence-electron chi connectivity index (χ2n) is 7.15.